The van der Waals surface area contributed by atoms with Crippen molar-refractivity contribution in [3.8, 4) is 11.1 Å². The third-order valence-corrected chi connectivity index (χ3v) is 4.02. The van der Waals surface area contributed by atoms with E-state index in [1.165, 1.54) is 24.5 Å². The number of halogens is 1. The Hall–Kier alpha value is -4.08. The molecule has 0 unspecified atom stereocenters. The molecule has 4 rings (SSSR count). The van der Waals surface area contributed by atoms with Gasteiger partial charge in [-0.2, -0.15) is 0 Å². The van der Waals surface area contributed by atoms with Crippen LogP contribution in [0.2, 0.25) is 0 Å². The van der Waals surface area contributed by atoms with Gasteiger partial charge in [-0.25, -0.2) is 23.7 Å². The highest BCUT2D eigenvalue weighted by molar-refractivity contribution is 5.98. The minimum atomic E-state index is -0.649. The third kappa shape index (κ3) is 3.30. The molecular weight excluding hydrogens is 363 g/mol. The lowest BCUT2D eigenvalue weighted by molar-refractivity contribution is 0.262. The Bertz CT molecular complexity index is 1170. The molecule has 0 saturated carbocycles. The number of aryl methyl sites for hydroxylation is 1. The van der Waals surface area contributed by atoms with Crippen molar-refractivity contribution in [3.05, 3.63) is 60.3 Å². The fraction of sp³-hybridized carbons (Fsp3) is 0.0556. The molecule has 0 aliphatic heterocycles. The molecule has 0 spiro atoms. The number of hydrogen-bond donors (Lipinski definition) is 3. The van der Waals surface area contributed by atoms with Crippen molar-refractivity contribution in [2.75, 3.05) is 16.4 Å². The predicted octanol–water partition coefficient (Wildman–Crippen LogP) is 2.86. The highest BCUT2D eigenvalue weighted by Crippen LogP contribution is 2.26. The summed E-state index contributed by atoms with van der Waals surface area (Å²) in [6.07, 6.45) is 4.81. The number of aromatic nitrogens is 5. The lowest BCUT2D eigenvalue weighted by Crippen LogP contribution is -2.21. The minimum Gasteiger partial charge on any atom is -0.380 e. The van der Waals surface area contributed by atoms with Crippen LogP contribution >= 0.6 is 0 Å². The van der Waals surface area contributed by atoms with Gasteiger partial charge in [0.2, 0.25) is 5.95 Å². The molecule has 10 heteroatoms. The van der Waals surface area contributed by atoms with Crippen LogP contribution < -0.4 is 16.4 Å². The van der Waals surface area contributed by atoms with Crippen LogP contribution in [0.4, 0.5) is 26.6 Å². The second kappa shape index (κ2) is 6.91. The van der Waals surface area contributed by atoms with Crippen LogP contribution in [-0.4, -0.2) is 30.8 Å². The minimum absolute atomic E-state index is 0.0702. The maximum Gasteiger partial charge on any atom is 0.326 e. The van der Waals surface area contributed by atoms with Crippen molar-refractivity contribution >= 4 is 29.0 Å². The SMILES string of the molecule is Cc1ccc(F)c(NC(=O)Nc2ncc(-c3cccn4nnc(N)c34)cn2)c1. The van der Waals surface area contributed by atoms with Crippen LogP contribution in [0.5, 0.6) is 0 Å². The molecule has 4 N–H and O–H groups in total. The van der Waals surface area contributed by atoms with Crippen LogP contribution in [-0.2, 0) is 0 Å². The summed E-state index contributed by atoms with van der Waals surface area (Å²) in [6.45, 7) is 1.80. The lowest BCUT2D eigenvalue weighted by Gasteiger charge is -2.09. The fourth-order valence-electron chi connectivity index (χ4n) is 2.73. The smallest absolute Gasteiger partial charge is 0.326 e. The zero-order valence-electron chi connectivity index (χ0n) is 14.7. The second-order valence-corrected chi connectivity index (χ2v) is 6.05. The maximum absolute atomic E-state index is 13.7. The van der Waals surface area contributed by atoms with E-state index in [0.717, 1.165) is 11.1 Å². The molecular formula is C18H15FN8O. The van der Waals surface area contributed by atoms with E-state index in [0.29, 0.717) is 11.1 Å². The first-order valence-corrected chi connectivity index (χ1v) is 8.27. The molecule has 0 fully saturated rings. The van der Waals surface area contributed by atoms with Gasteiger partial charge in [-0.3, -0.25) is 5.32 Å². The number of carbonyl (C=O) groups is 1. The molecule has 140 valence electrons. The van der Waals surface area contributed by atoms with E-state index in [9.17, 15) is 9.18 Å². The van der Waals surface area contributed by atoms with Gasteiger partial charge in [0.05, 0.1) is 5.69 Å². The van der Waals surface area contributed by atoms with E-state index in [-0.39, 0.29) is 17.5 Å². The quantitative estimate of drug-likeness (QED) is 0.504. The van der Waals surface area contributed by atoms with Crippen molar-refractivity contribution < 1.29 is 9.18 Å². The van der Waals surface area contributed by atoms with Gasteiger partial charge in [0, 0.05) is 29.7 Å². The highest BCUT2D eigenvalue weighted by atomic mass is 19.1. The lowest BCUT2D eigenvalue weighted by atomic mass is 10.1. The van der Waals surface area contributed by atoms with E-state index in [4.69, 9.17) is 5.73 Å². The standard InChI is InChI=1S/C18H15FN8O/c1-10-4-5-13(19)14(7-10)23-18(28)24-17-21-8-11(9-22-17)12-3-2-6-27-15(12)16(20)25-26-27/h2-9H,20H2,1H3,(H2,21,22,23,24,28). The number of nitrogen functional groups attached to an aromatic ring is 1. The molecule has 0 bridgehead atoms. The molecule has 0 saturated heterocycles. The number of carbonyl (C=O) groups excluding carboxylic acids is 1. The number of amides is 2. The van der Waals surface area contributed by atoms with Crippen LogP contribution in [0.25, 0.3) is 16.6 Å². The molecule has 1 aromatic carbocycles. The number of nitrogens with one attached hydrogen (secondary N) is 2. The van der Waals surface area contributed by atoms with Gasteiger partial charge >= 0.3 is 6.03 Å². The number of benzene rings is 1. The monoisotopic (exact) mass is 378 g/mol. The number of pyridine rings is 1. The van der Waals surface area contributed by atoms with Gasteiger partial charge in [-0.05, 0) is 30.7 Å². The first-order valence-electron chi connectivity index (χ1n) is 8.27. The Morgan fingerprint density at radius 1 is 1.18 bits per heavy atom. The van der Waals surface area contributed by atoms with Gasteiger partial charge in [0.15, 0.2) is 5.82 Å². The summed E-state index contributed by atoms with van der Waals surface area (Å²) in [5, 5.41) is 12.7. The Morgan fingerprint density at radius 2 is 1.96 bits per heavy atom. The Kier molecular flexibility index (Phi) is 4.28. The molecule has 4 aromatic rings. The van der Waals surface area contributed by atoms with E-state index in [1.807, 2.05) is 6.07 Å². The topological polar surface area (TPSA) is 123 Å². The van der Waals surface area contributed by atoms with Gasteiger partial charge in [0.1, 0.15) is 11.3 Å². The highest BCUT2D eigenvalue weighted by Gasteiger charge is 2.12. The second-order valence-electron chi connectivity index (χ2n) is 6.05. The van der Waals surface area contributed by atoms with Gasteiger partial charge in [-0.1, -0.05) is 17.3 Å². The molecule has 0 atom stereocenters. The molecule has 3 heterocycles. The zero-order valence-corrected chi connectivity index (χ0v) is 14.7. The predicted molar refractivity (Wildman–Crippen MR) is 102 cm³/mol. The third-order valence-electron chi connectivity index (χ3n) is 4.02. The van der Waals surface area contributed by atoms with E-state index in [2.05, 4.69) is 30.9 Å². The molecule has 2 amide bonds. The number of urea groups is 1. The van der Waals surface area contributed by atoms with Crippen molar-refractivity contribution in [3.63, 3.8) is 0 Å². The number of hydrogen-bond acceptors (Lipinski definition) is 6. The number of fused-ring (bicyclic) bond motifs is 1. The number of nitrogens with zero attached hydrogens (tertiary/aromatic N) is 5. The summed E-state index contributed by atoms with van der Waals surface area (Å²) in [5.41, 5.74) is 8.84. The molecule has 28 heavy (non-hydrogen) atoms. The number of nitrogens with two attached hydrogens (primary N) is 1. The maximum atomic E-state index is 13.7. The summed E-state index contributed by atoms with van der Waals surface area (Å²) < 4.78 is 15.3. The largest absolute Gasteiger partial charge is 0.380 e. The number of rotatable bonds is 3. The summed E-state index contributed by atoms with van der Waals surface area (Å²) in [7, 11) is 0. The van der Waals surface area contributed by atoms with Gasteiger partial charge in [0.25, 0.3) is 0 Å². The molecule has 0 aliphatic rings. The van der Waals surface area contributed by atoms with Crippen molar-refractivity contribution in [2.45, 2.75) is 6.92 Å². The van der Waals surface area contributed by atoms with Crippen LogP contribution in [0.1, 0.15) is 5.56 Å². The Balaban J connectivity index is 1.52. The molecule has 9 nitrogen and oxygen atoms in total. The van der Waals surface area contributed by atoms with Crippen LogP contribution in [0.3, 0.4) is 0 Å². The van der Waals surface area contributed by atoms with Gasteiger partial charge < -0.3 is 11.1 Å². The molecule has 0 aliphatic carbocycles. The summed E-state index contributed by atoms with van der Waals surface area (Å²) in [6, 6.07) is 7.42. The normalized spacial score (nSPS) is 10.8. The first kappa shape index (κ1) is 17.3. The van der Waals surface area contributed by atoms with E-state index >= 15 is 0 Å². The zero-order chi connectivity index (χ0) is 19.7. The van der Waals surface area contributed by atoms with Crippen LogP contribution in [0, 0.1) is 12.7 Å². The summed E-state index contributed by atoms with van der Waals surface area (Å²) in [4.78, 5) is 20.3. The van der Waals surface area contributed by atoms with Crippen LogP contribution in [0.15, 0.2) is 48.9 Å². The van der Waals surface area contributed by atoms with Crippen molar-refractivity contribution in [1.29, 1.82) is 0 Å². The molecule has 0 radical (unpaired) electrons. The summed E-state index contributed by atoms with van der Waals surface area (Å²) in [5.74, 6) is -0.171. The first-order chi connectivity index (χ1) is 13.5. The summed E-state index contributed by atoms with van der Waals surface area (Å²) >= 11 is 0. The average molecular weight is 378 g/mol. The Labute approximate surface area is 158 Å². The van der Waals surface area contributed by atoms with Crippen molar-refractivity contribution in [1.82, 2.24) is 24.8 Å². The van der Waals surface area contributed by atoms with E-state index < -0.39 is 11.8 Å². The Morgan fingerprint density at radius 3 is 2.75 bits per heavy atom. The number of anilines is 3. The van der Waals surface area contributed by atoms with E-state index in [1.54, 1.807) is 29.8 Å². The molecule has 3 aromatic heterocycles. The fourth-order valence-corrected chi connectivity index (χ4v) is 2.73. The average Bonchev–Trinajstić information content (AvgIpc) is 3.07. The van der Waals surface area contributed by atoms with Gasteiger partial charge in [-0.15, -0.1) is 5.10 Å². The van der Waals surface area contributed by atoms with Crippen molar-refractivity contribution in [2.24, 2.45) is 0 Å².